The average molecular weight is 240 g/mol. The van der Waals surface area contributed by atoms with Crippen LogP contribution in [0.1, 0.15) is 36.7 Å². The van der Waals surface area contributed by atoms with E-state index in [4.69, 9.17) is 5.73 Å². The highest BCUT2D eigenvalue weighted by Crippen LogP contribution is 2.22. The van der Waals surface area contributed by atoms with Crippen LogP contribution in [-0.4, -0.2) is 9.78 Å². The number of benzene rings is 1. The fraction of sp³-hybridized carbons (Fsp3) is 0.286. The van der Waals surface area contributed by atoms with Crippen molar-refractivity contribution in [2.75, 3.05) is 5.73 Å². The summed E-state index contributed by atoms with van der Waals surface area (Å²) in [5.41, 5.74) is 8.31. The van der Waals surface area contributed by atoms with E-state index < -0.39 is 0 Å². The number of nitriles is 1. The first-order valence-corrected chi connectivity index (χ1v) is 5.94. The molecule has 0 unspecified atom stereocenters. The molecule has 0 radical (unpaired) electrons. The van der Waals surface area contributed by atoms with Gasteiger partial charge in [0.1, 0.15) is 17.5 Å². The topological polar surface area (TPSA) is 67.6 Å². The molecule has 1 aromatic carbocycles. The minimum absolute atomic E-state index is 0.154. The molecule has 0 aliphatic carbocycles. The Hall–Kier alpha value is -2.28. The van der Waals surface area contributed by atoms with Gasteiger partial charge >= 0.3 is 0 Å². The molecule has 1 aromatic heterocycles. The fourth-order valence-corrected chi connectivity index (χ4v) is 1.92. The van der Waals surface area contributed by atoms with E-state index in [2.05, 4.69) is 11.2 Å². The number of nitrogens with zero attached hydrogens (tertiary/aromatic N) is 3. The molecule has 1 heterocycles. The zero-order valence-electron chi connectivity index (χ0n) is 10.6. The van der Waals surface area contributed by atoms with E-state index in [0.717, 1.165) is 11.3 Å². The van der Waals surface area contributed by atoms with E-state index in [0.29, 0.717) is 17.8 Å². The summed E-state index contributed by atoms with van der Waals surface area (Å²) in [6, 6.07) is 12.3. The van der Waals surface area contributed by atoms with Gasteiger partial charge in [-0.25, -0.2) is 4.68 Å². The van der Waals surface area contributed by atoms with E-state index in [9.17, 15) is 5.26 Å². The van der Waals surface area contributed by atoms with Crippen molar-refractivity contribution in [1.82, 2.24) is 9.78 Å². The minimum Gasteiger partial charge on any atom is -0.383 e. The molecular formula is C14H16N4. The molecule has 0 saturated heterocycles. The van der Waals surface area contributed by atoms with Crippen LogP contribution in [0.15, 0.2) is 30.3 Å². The van der Waals surface area contributed by atoms with Crippen LogP contribution in [0.2, 0.25) is 0 Å². The highest BCUT2D eigenvalue weighted by Gasteiger charge is 2.16. The first-order chi connectivity index (χ1) is 8.63. The van der Waals surface area contributed by atoms with E-state index in [-0.39, 0.29) is 6.04 Å². The number of aromatic nitrogens is 2. The Bertz CT molecular complexity index is 576. The van der Waals surface area contributed by atoms with Gasteiger partial charge in [-0.2, -0.15) is 10.4 Å². The molecule has 0 bridgehead atoms. The van der Waals surface area contributed by atoms with Crippen LogP contribution in [0.5, 0.6) is 0 Å². The van der Waals surface area contributed by atoms with Crippen molar-refractivity contribution in [3.63, 3.8) is 0 Å². The molecule has 0 amide bonds. The Morgan fingerprint density at radius 1 is 1.33 bits per heavy atom. The minimum atomic E-state index is 0.154. The predicted octanol–water partition coefficient (Wildman–Crippen LogP) is 2.51. The Labute approximate surface area is 107 Å². The summed E-state index contributed by atoms with van der Waals surface area (Å²) < 4.78 is 1.71. The molecule has 0 atom stereocenters. The molecule has 2 rings (SSSR count). The van der Waals surface area contributed by atoms with E-state index in [1.54, 1.807) is 4.68 Å². The lowest BCUT2D eigenvalue weighted by molar-refractivity contribution is 0.535. The van der Waals surface area contributed by atoms with E-state index in [1.165, 1.54) is 0 Å². The number of nitrogen functional groups attached to an aromatic ring is 1. The largest absolute Gasteiger partial charge is 0.383 e. The molecule has 18 heavy (non-hydrogen) atoms. The summed E-state index contributed by atoms with van der Waals surface area (Å²) >= 11 is 0. The second-order valence-electron chi connectivity index (χ2n) is 4.52. The Morgan fingerprint density at radius 2 is 2.00 bits per heavy atom. The summed E-state index contributed by atoms with van der Waals surface area (Å²) in [4.78, 5) is 0. The molecule has 4 nitrogen and oxygen atoms in total. The summed E-state index contributed by atoms with van der Waals surface area (Å²) in [5.74, 6) is 0.457. The molecule has 2 N–H and O–H groups in total. The maximum absolute atomic E-state index is 9.19. The van der Waals surface area contributed by atoms with Gasteiger partial charge in [0.15, 0.2) is 0 Å². The summed E-state index contributed by atoms with van der Waals surface area (Å²) in [7, 11) is 0. The lowest BCUT2D eigenvalue weighted by Gasteiger charge is -2.06. The average Bonchev–Trinajstić information content (AvgIpc) is 2.67. The first kappa shape index (κ1) is 12.2. The Morgan fingerprint density at radius 3 is 2.56 bits per heavy atom. The van der Waals surface area contributed by atoms with Crippen LogP contribution < -0.4 is 5.73 Å². The lowest BCUT2D eigenvalue weighted by atomic mass is 10.1. The number of anilines is 1. The van der Waals surface area contributed by atoms with Gasteiger partial charge in [0.05, 0.1) is 5.69 Å². The zero-order valence-corrected chi connectivity index (χ0v) is 10.6. The van der Waals surface area contributed by atoms with Crippen LogP contribution in [0.4, 0.5) is 5.82 Å². The van der Waals surface area contributed by atoms with Crippen LogP contribution in [0.3, 0.4) is 0 Å². The third-order valence-corrected chi connectivity index (χ3v) is 2.84. The number of hydrogen-bond acceptors (Lipinski definition) is 3. The normalized spacial score (nSPS) is 10.6. The van der Waals surface area contributed by atoms with Crippen molar-refractivity contribution in [1.29, 1.82) is 5.26 Å². The second-order valence-corrected chi connectivity index (χ2v) is 4.52. The maximum atomic E-state index is 9.19. The van der Waals surface area contributed by atoms with Gasteiger partial charge in [-0.15, -0.1) is 0 Å². The number of nitrogens with two attached hydrogens (primary N) is 1. The Balaban J connectivity index is 2.40. The van der Waals surface area contributed by atoms with Crippen LogP contribution in [-0.2, 0) is 6.42 Å². The quantitative estimate of drug-likeness (QED) is 0.896. The highest BCUT2D eigenvalue weighted by molar-refractivity contribution is 5.53. The van der Waals surface area contributed by atoms with Crippen molar-refractivity contribution < 1.29 is 0 Å². The molecule has 4 heteroatoms. The molecule has 2 aromatic rings. The molecule has 92 valence electrons. The fourth-order valence-electron chi connectivity index (χ4n) is 1.92. The second kappa shape index (κ2) is 4.92. The Kier molecular flexibility index (Phi) is 3.33. The van der Waals surface area contributed by atoms with Gasteiger partial charge in [0.25, 0.3) is 0 Å². The summed E-state index contributed by atoms with van der Waals surface area (Å²) in [5, 5.41) is 13.6. The van der Waals surface area contributed by atoms with Crippen LogP contribution in [0.25, 0.3) is 0 Å². The molecule has 0 fully saturated rings. The molecule has 0 aliphatic heterocycles. The van der Waals surface area contributed by atoms with Gasteiger partial charge in [0.2, 0.25) is 0 Å². The van der Waals surface area contributed by atoms with Crippen molar-refractivity contribution in [2.45, 2.75) is 26.3 Å². The lowest BCUT2D eigenvalue weighted by Crippen LogP contribution is -2.07. The molecular weight excluding hydrogens is 224 g/mol. The van der Waals surface area contributed by atoms with Crippen molar-refractivity contribution in [3.8, 4) is 6.07 Å². The molecule has 0 spiro atoms. The smallest absolute Gasteiger partial charge is 0.140 e. The number of rotatable bonds is 3. The van der Waals surface area contributed by atoms with Crippen molar-refractivity contribution >= 4 is 5.82 Å². The van der Waals surface area contributed by atoms with Gasteiger partial charge < -0.3 is 5.73 Å². The third kappa shape index (κ3) is 2.21. The first-order valence-electron chi connectivity index (χ1n) is 5.94. The molecule has 0 saturated carbocycles. The van der Waals surface area contributed by atoms with Crippen molar-refractivity contribution in [2.24, 2.45) is 0 Å². The van der Waals surface area contributed by atoms with E-state index in [1.807, 2.05) is 44.2 Å². The predicted molar refractivity (Wildman–Crippen MR) is 71.0 cm³/mol. The van der Waals surface area contributed by atoms with Crippen LogP contribution >= 0.6 is 0 Å². The van der Waals surface area contributed by atoms with Gasteiger partial charge in [-0.3, -0.25) is 0 Å². The maximum Gasteiger partial charge on any atom is 0.140 e. The van der Waals surface area contributed by atoms with E-state index >= 15 is 0 Å². The van der Waals surface area contributed by atoms with Gasteiger partial charge in [-0.05, 0) is 19.4 Å². The van der Waals surface area contributed by atoms with Gasteiger partial charge in [0, 0.05) is 12.5 Å². The van der Waals surface area contributed by atoms with Crippen LogP contribution in [0, 0.1) is 11.3 Å². The summed E-state index contributed by atoms with van der Waals surface area (Å²) in [6.07, 6.45) is 0.633. The summed E-state index contributed by atoms with van der Waals surface area (Å²) in [6.45, 7) is 3.99. The highest BCUT2D eigenvalue weighted by atomic mass is 15.3. The van der Waals surface area contributed by atoms with Gasteiger partial charge in [-0.1, -0.05) is 30.3 Å². The SMILES string of the molecule is CC(C)n1nc(Cc2ccccc2)c(C#N)c1N. The third-order valence-electron chi connectivity index (χ3n) is 2.84. The van der Waals surface area contributed by atoms with Crippen molar-refractivity contribution in [3.05, 3.63) is 47.2 Å². The molecule has 0 aliphatic rings. The zero-order chi connectivity index (χ0) is 13.1. The monoisotopic (exact) mass is 240 g/mol. The number of hydrogen-bond donors (Lipinski definition) is 1. The standard InChI is InChI=1S/C14H16N4/c1-10(2)18-14(16)12(9-15)13(17-18)8-11-6-4-3-5-7-11/h3-7,10H,8,16H2,1-2H3.